The Bertz CT molecular complexity index is 600. The van der Waals surface area contributed by atoms with E-state index in [9.17, 15) is 8.42 Å². The van der Waals surface area contributed by atoms with Gasteiger partial charge in [-0.15, -0.1) is 22.7 Å². The van der Waals surface area contributed by atoms with Gasteiger partial charge in [0.05, 0.1) is 10.6 Å². The van der Waals surface area contributed by atoms with Gasteiger partial charge in [0, 0.05) is 17.8 Å². The van der Waals surface area contributed by atoms with E-state index in [2.05, 4.69) is 9.97 Å². The van der Waals surface area contributed by atoms with Crippen LogP contribution in [0.2, 0.25) is 0 Å². The van der Waals surface area contributed by atoms with Gasteiger partial charge >= 0.3 is 0 Å². The third-order valence-electron chi connectivity index (χ3n) is 1.71. The Morgan fingerprint density at radius 3 is 2.81 bits per heavy atom. The Kier molecular flexibility index (Phi) is 2.96. The minimum atomic E-state index is -3.04. The molecule has 5 nitrogen and oxygen atoms in total. The Morgan fingerprint density at radius 2 is 2.25 bits per heavy atom. The van der Waals surface area contributed by atoms with Crippen molar-refractivity contribution in [1.82, 2.24) is 9.97 Å². The molecule has 0 unspecified atom stereocenters. The number of nitrogens with two attached hydrogens (primary N) is 1. The molecule has 16 heavy (non-hydrogen) atoms. The van der Waals surface area contributed by atoms with Gasteiger partial charge < -0.3 is 5.73 Å². The molecule has 0 aliphatic carbocycles. The standard InChI is InChI=1S/C8H9N3O2S3/c1-16(12,13)4-7-10-2-6(15-7)5-3-14-8(9)11-5/h2-3H,4H2,1H3,(H2,9,11). The van der Waals surface area contributed by atoms with E-state index in [1.165, 1.54) is 28.9 Å². The summed E-state index contributed by atoms with van der Waals surface area (Å²) < 4.78 is 22.2. The molecular weight excluding hydrogens is 266 g/mol. The minimum absolute atomic E-state index is 0.0305. The first-order valence-corrected chi connectivity index (χ1v) is 8.03. The maximum Gasteiger partial charge on any atom is 0.180 e. The molecule has 2 aromatic heterocycles. The van der Waals surface area contributed by atoms with Crippen molar-refractivity contribution in [1.29, 1.82) is 0 Å². The molecule has 0 saturated carbocycles. The molecule has 0 atom stereocenters. The van der Waals surface area contributed by atoms with Crippen LogP contribution in [0.4, 0.5) is 5.13 Å². The quantitative estimate of drug-likeness (QED) is 0.915. The molecule has 0 fully saturated rings. The fourth-order valence-corrected chi connectivity index (χ4v) is 3.83. The van der Waals surface area contributed by atoms with Gasteiger partial charge in [0.2, 0.25) is 0 Å². The van der Waals surface area contributed by atoms with Crippen molar-refractivity contribution >= 4 is 37.6 Å². The zero-order valence-electron chi connectivity index (χ0n) is 8.37. The maximum absolute atomic E-state index is 11.1. The van der Waals surface area contributed by atoms with E-state index in [1.807, 2.05) is 5.38 Å². The highest BCUT2D eigenvalue weighted by Gasteiger charge is 2.11. The van der Waals surface area contributed by atoms with Gasteiger partial charge in [-0.05, 0) is 0 Å². The molecule has 0 radical (unpaired) electrons. The van der Waals surface area contributed by atoms with Crippen LogP contribution in [-0.2, 0) is 15.6 Å². The van der Waals surface area contributed by atoms with Gasteiger partial charge in [-0.3, -0.25) is 0 Å². The van der Waals surface area contributed by atoms with Crippen molar-refractivity contribution < 1.29 is 8.42 Å². The summed E-state index contributed by atoms with van der Waals surface area (Å²) in [6, 6.07) is 0. The first kappa shape index (κ1) is 11.5. The third kappa shape index (κ3) is 2.77. The summed E-state index contributed by atoms with van der Waals surface area (Å²) in [7, 11) is -3.04. The lowest BCUT2D eigenvalue weighted by Gasteiger charge is -1.91. The van der Waals surface area contributed by atoms with Crippen molar-refractivity contribution in [2.45, 2.75) is 5.75 Å². The zero-order valence-corrected chi connectivity index (χ0v) is 10.8. The van der Waals surface area contributed by atoms with Gasteiger partial charge in [-0.1, -0.05) is 0 Å². The summed E-state index contributed by atoms with van der Waals surface area (Å²) in [5, 5.41) is 2.89. The molecule has 8 heteroatoms. The van der Waals surface area contributed by atoms with Crippen LogP contribution in [0, 0.1) is 0 Å². The number of nitrogens with zero attached hydrogens (tertiary/aromatic N) is 2. The van der Waals surface area contributed by atoms with Gasteiger partial charge in [0.1, 0.15) is 10.8 Å². The van der Waals surface area contributed by atoms with Crippen LogP contribution < -0.4 is 5.73 Å². The lowest BCUT2D eigenvalue weighted by molar-refractivity contribution is 0.601. The summed E-state index contributed by atoms with van der Waals surface area (Å²) in [4.78, 5) is 9.00. The second-order valence-electron chi connectivity index (χ2n) is 3.26. The maximum atomic E-state index is 11.1. The van der Waals surface area contributed by atoms with E-state index < -0.39 is 9.84 Å². The van der Waals surface area contributed by atoms with Crippen molar-refractivity contribution in [2.75, 3.05) is 12.0 Å². The highest BCUT2D eigenvalue weighted by molar-refractivity contribution is 7.90. The molecule has 2 rings (SSSR count). The number of aromatic nitrogens is 2. The molecule has 2 N–H and O–H groups in total. The highest BCUT2D eigenvalue weighted by atomic mass is 32.2. The second-order valence-corrected chi connectivity index (χ2v) is 7.40. The molecule has 0 aliphatic heterocycles. The minimum Gasteiger partial charge on any atom is -0.375 e. The predicted octanol–water partition coefficient (Wildman–Crippen LogP) is 1.39. The van der Waals surface area contributed by atoms with Crippen LogP contribution in [0.1, 0.15) is 5.01 Å². The summed E-state index contributed by atoms with van der Waals surface area (Å²) >= 11 is 2.67. The number of nitrogen functional groups attached to an aromatic ring is 1. The SMILES string of the molecule is CS(=O)(=O)Cc1ncc(-c2csc(N)n2)s1. The van der Waals surface area contributed by atoms with Crippen LogP contribution in [0.25, 0.3) is 10.6 Å². The van der Waals surface area contributed by atoms with Crippen LogP contribution >= 0.6 is 22.7 Å². The number of anilines is 1. The van der Waals surface area contributed by atoms with Gasteiger partial charge in [-0.2, -0.15) is 0 Å². The molecule has 0 aromatic carbocycles. The normalized spacial score (nSPS) is 11.8. The van der Waals surface area contributed by atoms with E-state index in [1.54, 1.807) is 6.20 Å². The Balaban J connectivity index is 2.26. The zero-order chi connectivity index (χ0) is 11.8. The first-order valence-electron chi connectivity index (χ1n) is 4.28. The van der Waals surface area contributed by atoms with Crippen LogP contribution in [0.3, 0.4) is 0 Å². The molecule has 0 amide bonds. The molecule has 86 valence electrons. The number of rotatable bonds is 3. The number of sulfone groups is 1. The van der Waals surface area contributed by atoms with Gasteiger partial charge in [0.15, 0.2) is 15.0 Å². The summed E-state index contributed by atoms with van der Waals surface area (Å²) in [6.45, 7) is 0. The average Bonchev–Trinajstić information content (AvgIpc) is 2.71. The van der Waals surface area contributed by atoms with E-state index in [4.69, 9.17) is 5.73 Å². The number of thiazole rings is 2. The monoisotopic (exact) mass is 275 g/mol. The molecule has 0 saturated heterocycles. The highest BCUT2D eigenvalue weighted by Crippen LogP contribution is 2.28. The third-order valence-corrected chi connectivity index (χ3v) is 4.39. The van der Waals surface area contributed by atoms with Crippen LogP contribution in [0.15, 0.2) is 11.6 Å². The number of hydrogen-bond donors (Lipinski definition) is 1. The Morgan fingerprint density at radius 1 is 1.50 bits per heavy atom. The van der Waals surface area contributed by atoms with Gasteiger partial charge in [0.25, 0.3) is 0 Å². The van der Waals surface area contributed by atoms with Crippen LogP contribution in [0.5, 0.6) is 0 Å². The van der Waals surface area contributed by atoms with E-state index in [-0.39, 0.29) is 5.75 Å². The first-order chi connectivity index (χ1) is 7.44. The topological polar surface area (TPSA) is 85.9 Å². The molecule has 2 heterocycles. The smallest absolute Gasteiger partial charge is 0.180 e. The summed E-state index contributed by atoms with van der Waals surface area (Å²) in [5.74, 6) is -0.0305. The molecular formula is C8H9N3O2S3. The molecule has 0 aliphatic rings. The lowest BCUT2D eigenvalue weighted by Crippen LogP contribution is -1.99. The Labute approximate surface area is 101 Å². The van der Waals surface area contributed by atoms with Crippen molar-refractivity contribution in [3.63, 3.8) is 0 Å². The Hall–Kier alpha value is -0.990. The van der Waals surface area contributed by atoms with Crippen molar-refractivity contribution in [3.05, 3.63) is 16.6 Å². The summed E-state index contributed by atoms with van der Waals surface area (Å²) in [6.07, 6.45) is 2.81. The van der Waals surface area contributed by atoms with Crippen LogP contribution in [-0.4, -0.2) is 24.6 Å². The van der Waals surface area contributed by atoms with E-state index in [0.29, 0.717) is 10.1 Å². The average molecular weight is 275 g/mol. The molecule has 0 spiro atoms. The molecule has 2 aromatic rings. The summed E-state index contributed by atoms with van der Waals surface area (Å²) in [5.41, 5.74) is 6.27. The largest absolute Gasteiger partial charge is 0.375 e. The van der Waals surface area contributed by atoms with Crippen molar-refractivity contribution in [2.24, 2.45) is 0 Å². The fraction of sp³-hybridized carbons (Fsp3) is 0.250. The lowest BCUT2D eigenvalue weighted by atomic mass is 10.4. The van der Waals surface area contributed by atoms with E-state index in [0.717, 1.165) is 10.6 Å². The second kappa shape index (κ2) is 4.11. The van der Waals surface area contributed by atoms with Crippen molar-refractivity contribution in [3.8, 4) is 10.6 Å². The fourth-order valence-electron chi connectivity index (χ4n) is 1.12. The molecule has 0 bridgehead atoms. The van der Waals surface area contributed by atoms with E-state index >= 15 is 0 Å². The predicted molar refractivity (Wildman–Crippen MR) is 66.2 cm³/mol. The number of hydrogen-bond acceptors (Lipinski definition) is 7. The van der Waals surface area contributed by atoms with Gasteiger partial charge in [-0.25, -0.2) is 18.4 Å².